The third kappa shape index (κ3) is 3.95. The van der Waals surface area contributed by atoms with E-state index in [0.717, 1.165) is 12.1 Å². The van der Waals surface area contributed by atoms with Crippen molar-refractivity contribution in [3.63, 3.8) is 0 Å². The molecule has 1 aromatic rings. The maximum Gasteiger partial charge on any atom is 0.413 e. The number of rotatable bonds is 2. The van der Waals surface area contributed by atoms with Crippen LogP contribution in [0.4, 0.5) is 13.6 Å². The van der Waals surface area contributed by atoms with Gasteiger partial charge in [-0.05, 0) is 24.4 Å². The fraction of sp³-hybridized carbons (Fsp3) is 0.200. The van der Waals surface area contributed by atoms with Crippen LogP contribution < -0.4 is 10.6 Å². The van der Waals surface area contributed by atoms with Crippen molar-refractivity contribution in [2.45, 2.75) is 6.54 Å². The van der Waals surface area contributed by atoms with Gasteiger partial charge in [0, 0.05) is 12.1 Å². The predicted octanol–water partition coefficient (Wildman–Crippen LogP) is 1.70. The van der Waals surface area contributed by atoms with Crippen LogP contribution in [0.25, 0.3) is 0 Å². The van der Waals surface area contributed by atoms with Gasteiger partial charge in [0.15, 0.2) is 5.11 Å². The number of carbonyl (C=O) groups excluding carboxylic acids is 1. The number of amides is 1. The second-order valence-corrected chi connectivity index (χ2v) is 3.41. The molecule has 0 saturated carbocycles. The van der Waals surface area contributed by atoms with Crippen molar-refractivity contribution in [2.24, 2.45) is 0 Å². The third-order valence-corrected chi connectivity index (χ3v) is 2.13. The zero-order chi connectivity index (χ0) is 12.8. The molecule has 0 radical (unpaired) electrons. The Balaban J connectivity index is 2.56. The molecule has 4 nitrogen and oxygen atoms in total. The van der Waals surface area contributed by atoms with E-state index in [4.69, 9.17) is 12.2 Å². The predicted molar refractivity (Wildman–Crippen MR) is 61.3 cm³/mol. The molecule has 0 atom stereocenters. The van der Waals surface area contributed by atoms with Crippen LogP contribution in [0.1, 0.15) is 5.56 Å². The first-order valence-electron chi connectivity index (χ1n) is 4.60. The summed E-state index contributed by atoms with van der Waals surface area (Å²) in [5, 5.41) is 4.57. The summed E-state index contributed by atoms with van der Waals surface area (Å²) >= 11 is 4.71. The SMILES string of the molecule is COC(=O)NC(=S)NCc1c(F)cccc1F. The van der Waals surface area contributed by atoms with Crippen LogP contribution in [0.15, 0.2) is 18.2 Å². The zero-order valence-corrected chi connectivity index (χ0v) is 9.74. The first-order valence-corrected chi connectivity index (χ1v) is 5.01. The average Bonchev–Trinajstić information content (AvgIpc) is 2.28. The first-order chi connectivity index (χ1) is 8.04. The lowest BCUT2D eigenvalue weighted by molar-refractivity contribution is 0.176. The van der Waals surface area contributed by atoms with E-state index >= 15 is 0 Å². The van der Waals surface area contributed by atoms with Crippen molar-refractivity contribution in [3.05, 3.63) is 35.4 Å². The molecule has 0 aromatic heterocycles. The smallest absolute Gasteiger partial charge is 0.413 e. The average molecular weight is 260 g/mol. The van der Waals surface area contributed by atoms with Crippen LogP contribution >= 0.6 is 12.2 Å². The van der Waals surface area contributed by atoms with E-state index in [1.807, 2.05) is 0 Å². The van der Waals surface area contributed by atoms with E-state index in [9.17, 15) is 13.6 Å². The van der Waals surface area contributed by atoms with Crippen LogP contribution in [0.3, 0.4) is 0 Å². The van der Waals surface area contributed by atoms with Gasteiger partial charge in [0.2, 0.25) is 0 Å². The van der Waals surface area contributed by atoms with Crippen molar-refractivity contribution in [2.75, 3.05) is 7.11 Å². The van der Waals surface area contributed by atoms with Gasteiger partial charge in [0.1, 0.15) is 11.6 Å². The number of thiocarbonyl (C=S) groups is 1. The second-order valence-electron chi connectivity index (χ2n) is 3.00. The summed E-state index contributed by atoms with van der Waals surface area (Å²) < 4.78 is 30.7. The van der Waals surface area contributed by atoms with E-state index in [1.54, 1.807) is 0 Å². The number of hydrogen-bond donors (Lipinski definition) is 2. The van der Waals surface area contributed by atoms with Crippen molar-refractivity contribution in [3.8, 4) is 0 Å². The van der Waals surface area contributed by atoms with Gasteiger partial charge in [-0.2, -0.15) is 0 Å². The molecule has 0 bridgehead atoms. The summed E-state index contributed by atoms with van der Waals surface area (Å²) in [5.74, 6) is -1.36. The number of halogens is 2. The van der Waals surface area contributed by atoms with Gasteiger partial charge in [-0.15, -0.1) is 0 Å². The number of nitrogens with one attached hydrogen (secondary N) is 2. The Morgan fingerprint density at radius 2 is 2.00 bits per heavy atom. The highest BCUT2D eigenvalue weighted by atomic mass is 32.1. The highest BCUT2D eigenvalue weighted by Crippen LogP contribution is 2.11. The standard InChI is InChI=1S/C10H10F2N2O2S/c1-16-10(15)14-9(17)13-5-6-7(11)3-2-4-8(6)12/h2-4H,5H2,1H3,(H2,13,14,15,17). The minimum Gasteiger partial charge on any atom is -0.453 e. The molecule has 7 heteroatoms. The van der Waals surface area contributed by atoms with Crippen LogP contribution in [0.2, 0.25) is 0 Å². The van der Waals surface area contributed by atoms with Gasteiger partial charge in [-0.25, -0.2) is 13.6 Å². The van der Waals surface area contributed by atoms with Crippen LogP contribution in [-0.4, -0.2) is 18.3 Å². The molecule has 1 amide bonds. The summed E-state index contributed by atoms with van der Waals surface area (Å²) in [6.07, 6.45) is -0.753. The summed E-state index contributed by atoms with van der Waals surface area (Å²) in [6, 6.07) is 3.53. The normalized spacial score (nSPS) is 9.59. The van der Waals surface area contributed by atoms with Gasteiger partial charge < -0.3 is 10.1 Å². The number of alkyl carbamates (subject to hydrolysis) is 1. The van der Waals surface area contributed by atoms with E-state index in [0.29, 0.717) is 0 Å². The fourth-order valence-corrected chi connectivity index (χ4v) is 1.21. The molecule has 1 aromatic carbocycles. The second kappa shape index (κ2) is 6.09. The molecule has 92 valence electrons. The van der Waals surface area contributed by atoms with E-state index < -0.39 is 17.7 Å². The molecule has 17 heavy (non-hydrogen) atoms. The Bertz CT molecular complexity index is 420. The molecular formula is C10H10F2N2O2S. The number of methoxy groups -OCH3 is 1. The maximum absolute atomic E-state index is 13.2. The molecule has 0 aliphatic carbocycles. The minimum atomic E-state index is -0.753. The van der Waals surface area contributed by atoms with Crippen molar-refractivity contribution < 1.29 is 18.3 Å². The van der Waals surface area contributed by atoms with Gasteiger partial charge in [0.25, 0.3) is 0 Å². The molecular weight excluding hydrogens is 250 g/mol. The van der Waals surface area contributed by atoms with E-state index in [-0.39, 0.29) is 17.2 Å². The van der Waals surface area contributed by atoms with Gasteiger partial charge in [-0.1, -0.05) is 6.07 Å². The molecule has 0 spiro atoms. The Labute approximate surface area is 102 Å². The largest absolute Gasteiger partial charge is 0.453 e. The summed E-state index contributed by atoms with van der Waals surface area (Å²) in [6.45, 7) is -0.165. The molecule has 0 unspecified atom stereocenters. The fourth-order valence-electron chi connectivity index (χ4n) is 1.06. The van der Waals surface area contributed by atoms with Crippen LogP contribution in [-0.2, 0) is 11.3 Å². The zero-order valence-electron chi connectivity index (χ0n) is 8.92. The monoisotopic (exact) mass is 260 g/mol. The third-order valence-electron chi connectivity index (χ3n) is 1.89. The van der Waals surface area contributed by atoms with Crippen LogP contribution in [0, 0.1) is 11.6 Å². The van der Waals surface area contributed by atoms with Crippen molar-refractivity contribution in [1.29, 1.82) is 0 Å². The highest BCUT2D eigenvalue weighted by molar-refractivity contribution is 7.80. The summed E-state index contributed by atoms with van der Waals surface area (Å²) in [5.41, 5.74) is -0.151. The van der Waals surface area contributed by atoms with Gasteiger partial charge in [0.05, 0.1) is 7.11 Å². The number of ether oxygens (including phenoxy) is 1. The van der Waals surface area contributed by atoms with Crippen LogP contribution in [0.5, 0.6) is 0 Å². The first kappa shape index (κ1) is 13.3. The topological polar surface area (TPSA) is 50.4 Å². The number of carbonyl (C=O) groups is 1. The van der Waals surface area contributed by atoms with E-state index in [2.05, 4.69) is 15.4 Å². The lowest BCUT2D eigenvalue weighted by atomic mass is 10.2. The summed E-state index contributed by atoms with van der Waals surface area (Å²) in [7, 11) is 1.18. The lowest BCUT2D eigenvalue weighted by Crippen LogP contribution is -2.39. The van der Waals surface area contributed by atoms with Gasteiger partial charge in [-0.3, -0.25) is 5.32 Å². The van der Waals surface area contributed by atoms with Crippen molar-refractivity contribution in [1.82, 2.24) is 10.6 Å². The summed E-state index contributed by atoms with van der Waals surface area (Å²) in [4.78, 5) is 10.8. The molecule has 0 aliphatic heterocycles. The molecule has 1 rings (SSSR count). The molecule has 0 saturated heterocycles. The molecule has 0 fully saturated rings. The quantitative estimate of drug-likeness (QED) is 0.795. The Kier molecular flexibility index (Phi) is 4.77. The minimum absolute atomic E-state index is 0.0699. The lowest BCUT2D eigenvalue weighted by Gasteiger charge is -2.09. The van der Waals surface area contributed by atoms with Crippen molar-refractivity contribution >= 4 is 23.4 Å². The molecule has 0 aliphatic rings. The maximum atomic E-state index is 13.2. The molecule has 0 heterocycles. The number of hydrogen-bond acceptors (Lipinski definition) is 3. The Morgan fingerprint density at radius 3 is 2.53 bits per heavy atom. The highest BCUT2D eigenvalue weighted by Gasteiger charge is 2.09. The number of benzene rings is 1. The Morgan fingerprint density at radius 1 is 1.41 bits per heavy atom. The Hall–Kier alpha value is -1.76. The van der Waals surface area contributed by atoms with Gasteiger partial charge >= 0.3 is 6.09 Å². The van der Waals surface area contributed by atoms with E-state index in [1.165, 1.54) is 13.2 Å². The molecule has 2 N–H and O–H groups in total.